The number of hydrogen-bond acceptors (Lipinski definition) is 1. The van der Waals surface area contributed by atoms with Crippen LogP contribution in [0.1, 0.15) is 32.6 Å². The first-order valence-corrected chi connectivity index (χ1v) is 6.84. The lowest BCUT2D eigenvalue weighted by molar-refractivity contribution is 0.218. The standard InChI is InChI=1S/C13H19ClN2O/c1-2-10-4-3-5-11-6-8-16(9-7-14)13(17)15-12(10)11/h6,8,10H,2-5,7,9H2,1H3,(H,15,17)/t10-/m1/s1. The summed E-state index contributed by atoms with van der Waals surface area (Å²) in [5.41, 5.74) is 2.42. The molecule has 1 aliphatic heterocycles. The zero-order valence-electron chi connectivity index (χ0n) is 10.2. The van der Waals surface area contributed by atoms with Gasteiger partial charge in [0.05, 0.1) is 0 Å². The van der Waals surface area contributed by atoms with Gasteiger partial charge in [-0.1, -0.05) is 6.92 Å². The summed E-state index contributed by atoms with van der Waals surface area (Å²) in [6.07, 6.45) is 8.48. The molecule has 3 nitrogen and oxygen atoms in total. The van der Waals surface area contributed by atoms with E-state index < -0.39 is 0 Å². The van der Waals surface area contributed by atoms with E-state index in [1.54, 1.807) is 4.90 Å². The lowest BCUT2D eigenvalue weighted by Gasteiger charge is -2.26. The average Bonchev–Trinajstić information content (AvgIpc) is 2.50. The molecular formula is C13H19ClN2O. The van der Waals surface area contributed by atoms with Gasteiger partial charge in [-0.05, 0) is 43.3 Å². The Morgan fingerprint density at radius 1 is 1.59 bits per heavy atom. The maximum absolute atomic E-state index is 12.0. The summed E-state index contributed by atoms with van der Waals surface area (Å²) in [4.78, 5) is 13.6. The number of hydrogen-bond donors (Lipinski definition) is 1. The molecule has 1 N–H and O–H groups in total. The molecule has 0 spiro atoms. The smallest absolute Gasteiger partial charge is 0.311 e. The molecule has 0 bridgehead atoms. The van der Waals surface area contributed by atoms with Gasteiger partial charge in [-0.2, -0.15) is 0 Å². The second-order valence-corrected chi connectivity index (χ2v) is 4.94. The van der Waals surface area contributed by atoms with Gasteiger partial charge in [-0.25, -0.2) is 4.79 Å². The molecule has 2 amide bonds. The van der Waals surface area contributed by atoms with E-state index in [1.807, 2.05) is 6.20 Å². The molecule has 1 atom stereocenters. The highest BCUT2D eigenvalue weighted by Gasteiger charge is 2.25. The van der Waals surface area contributed by atoms with Gasteiger partial charge in [0.25, 0.3) is 0 Å². The van der Waals surface area contributed by atoms with E-state index in [0.717, 1.165) is 18.5 Å². The van der Waals surface area contributed by atoms with E-state index in [9.17, 15) is 4.79 Å². The van der Waals surface area contributed by atoms with Crippen LogP contribution in [-0.4, -0.2) is 23.4 Å². The van der Waals surface area contributed by atoms with Gasteiger partial charge in [-0.15, -0.1) is 11.6 Å². The zero-order valence-corrected chi connectivity index (χ0v) is 11.0. The molecule has 0 saturated carbocycles. The van der Waals surface area contributed by atoms with Crippen LogP contribution in [0.2, 0.25) is 0 Å². The third kappa shape index (κ3) is 2.65. The van der Waals surface area contributed by atoms with Crippen LogP contribution in [0.4, 0.5) is 4.79 Å². The fraction of sp³-hybridized carbons (Fsp3) is 0.615. The Bertz CT molecular complexity index is 362. The SMILES string of the molecule is CC[C@@H]1CCCC2=C1NC(=O)N(CCCl)C=C2. The summed E-state index contributed by atoms with van der Waals surface area (Å²) in [5, 5.41) is 3.06. The number of allylic oxidation sites excluding steroid dienone is 3. The first-order valence-electron chi connectivity index (χ1n) is 6.31. The van der Waals surface area contributed by atoms with Gasteiger partial charge in [0.2, 0.25) is 0 Å². The zero-order chi connectivity index (χ0) is 12.3. The maximum atomic E-state index is 12.0. The van der Waals surface area contributed by atoms with Crippen LogP contribution in [0.15, 0.2) is 23.5 Å². The summed E-state index contributed by atoms with van der Waals surface area (Å²) in [6, 6.07) is -0.0488. The number of nitrogens with one attached hydrogen (secondary N) is 1. The first kappa shape index (κ1) is 12.5. The first-order chi connectivity index (χ1) is 8.26. The minimum absolute atomic E-state index is 0.0488. The Hall–Kier alpha value is -0.960. The van der Waals surface area contributed by atoms with Gasteiger partial charge in [-0.3, -0.25) is 4.90 Å². The Morgan fingerprint density at radius 3 is 3.12 bits per heavy atom. The molecule has 0 unspecified atom stereocenters. The number of amides is 2. The fourth-order valence-corrected chi connectivity index (χ4v) is 2.73. The molecule has 2 aliphatic rings. The van der Waals surface area contributed by atoms with E-state index in [-0.39, 0.29) is 6.03 Å². The number of carbonyl (C=O) groups excluding carboxylic acids is 1. The van der Waals surface area contributed by atoms with Crippen molar-refractivity contribution in [2.24, 2.45) is 5.92 Å². The minimum atomic E-state index is -0.0488. The highest BCUT2D eigenvalue weighted by Crippen LogP contribution is 2.32. The summed E-state index contributed by atoms with van der Waals surface area (Å²) >= 11 is 5.69. The Kier molecular flexibility index (Phi) is 4.11. The predicted molar refractivity (Wildman–Crippen MR) is 69.8 cm³/mol. The lowest BCUT2D eigenvalue weighted by atomic mass is 9.85. The molecule has 1 aliphatic carbocycles. The highest BCUT2D eigenvalue weighted by molar-refractivity contribution is 6.18. The normalized spacial score (nSPS) is 24.5. The number of rotatable bonds is 3. The quantitative estimate of drug-likeness (QED) is 0.771. The third-order valence-electron chi connectivity index (χ3n) is 3.53. The van der Waals surface area contributed by atoms with Crippen LogP contribution >= 0.6 is 11.6 Å². The largest absolute Gasteiger partial charge is 0.325 e. The van der Waals surface area contributed by atoms with Crippen LogP contribution in [0.3, 0.4) is 0 Å². The summed E-state index contributed by atoms with van der Waals surface area (Å²) < 4.78 is 0. The maximum Gasteiger partial charge on any atom is 0.325 e. The molecule has 0 aromatic rings. The molecule has 0 radical (unpaired) electrons. The highest BCUT2D eigenvalue weighted by atomic mass is 35.5. The number of urea groups is 1. The van der Waals surface area contributed by atoms with E-state index in [1.165, 1.54) is 18.4 Å². The number of nitrogens with zero attached hydrogens (tertiary/aromatic N) is 1. The van der Waals surface area contributed by atoms with Gasteiger partial charge in [0.15, 0.2) is 0 Å². The van der Waals surface area contributed by atoms with Crippen LogP contribution in [-0.2, 0) is 0 Å². The predicted octanol–water partition coefficient (Wildman–Crippen LogP) is 3.23. The summed E-state index contributed by atoms with van der Waals surface area (Å²) in [7, 11) is 0. The Morgan fingerprint density at radius 2 is 2.41 bits per heavy atom. The second kappa shape index (κ2) is 5.58. The number of alkyl halides is 1. The molecule has 2 rings (SSSR count). The molecule has 94 valence electrons. The number of halogens is 1. The van der Waals surface area contributed by atoms with E-state index in [2.05, 4.69) is 18.3 Å². The molecule has 4 heteroatoms. The van der Waals surface area contributed by atoms with Crippen LogP contribution < -0.4 is 5.32 Å². The molecule has 0 saturated heterocycles. The number of carbonyl (C=O) groups is 1. The van der Waals surface area contributed by atoms with Crippen molar-refractivity contribution in [3.8, 4) is 0 Å². The van der Waals surface area contributed by atoms with Crippen LogP contribution in [0, 0.1) is 5.92 Å². The molecular weight excluding hydrogens is 236 g/mol. The van der Waals surface area contributed by atoms with Crippen LogP contribution in [0.25, 0.3) is 0 Å². The Labute approximate surface area is 108 Å². The Balaban J connectivity index is 2.21. The van der Waals surface area contributed by atoms with Crippen molar-refractivity contribution in [3.05, 3.63) is 23.5 Å². The molecule has 17 heavy (non-hydrogen) atoms. The minimum Gasteiger partial charge on any atom is -0.311 e. The summed E-state index contributed by atoms with van der Waals surface area (Å²) in [5.74, 6) is 0.961. The molecule has 0 aromatic heterocycles. The molecule has 0 aromatic carbocycles. The topological polar surface area (TPSA) is 32.3 Å². The van der Waals surface area contributed by atoms with Crippen molar-refractivity contribution in [2.75, 3.05) is 12.4 Å². The molecule has 1 heterocycles. The van der Waals surface area contributed by atoms with E-state index in [4.69, 9.17) is 11.6 Å². The lowest BCUT2D eigenvalue weighted by Crippen LogP contribution is -2.38. The van der Waals surface area contributed by atoms with Crippen molar-refractivity contribution < 1.29 is 4.79 Å². The fourth-order valence-electron chi connectivity index (χ4n) is 2.55. The van der Waals surface area contributed by atoms with Gasteiger partial charge in [0, 0.05) is 24.3 Å². The molecule has 0 fully saturated rings. The van der Waals surface area contributed by atoms with Crippen LogP contribution in [0.5, 0.6) is 0 Å². The van der Waals surface area contributed by atoms with Crippen molar-refractivity contribution in [1.82, 2.24) is 10.2 Å². The van der Waals surface area contributed by atoms with Gasteiger partial charge < -0.3 is 5.32 Å². The van der Waals surface area contributed by atoms with Crippen molar-refractivity contribution in [1.29, 1.82) is 0 Å². The summed E-state index contributed by atoms with van der Waals surface area (Å²) in [6.45, 7) is 2.74. The van der Waals surface area contributed by atoms with E-state index >= 15 is 0 Å². The van der Waals surface area contributed by atoms with Crippen molar-refractivity contribution >= 4 is 17.6 Å². The van der Waals surface area contributed by atoms with Gasteiger partial charge >= 0.3 is 6.03 Å². The monoisotopic (exact) mass is 254 g/mol. The van der Waals surface area contributed by atoms with Crippen molar-refractivity contribution in [2.45, 2.75) is 32.6 Å². The van der Waals surface area contributed by atoms with Gasteiger partial charge in [0.1, 0.15) is 0 Å². The second-order valence-electron chi connectivity index (χ2n) is 4.56. The van der Waals surface area contributed by atoms with Crippen molar-refractivity contribution in [3.63, 3.8) is 0 Å². The average molecular weight is 255 g/mol. The third-order valence-corrected chi connectivity index (χ3v) is 3.70. The van der Waals surface area contributed by atoms with E-state index in [0.29, 0.717) is 18.3 Å².